The van der Waals surface area contributed by atoms with E-state index >= 15 is 0 Å². The second kappa shape index (κ2) is 9.75. The first-order valence-electron chi connectivity index (χ1n) is 11.8. The average Bonchev–Trinajstić information content (AvgIpc) is 3.43. The van der Waals surface area contributed by atoms with E-state index in [0.717, 1.165) is 33.8 Å². The quantitative estimate of drug-likeness (QED) is 0.284. The van der Waals surface area contributed by atoms with Crippen LogP contribution in [-0.4, -0.2) is 55.5 Å². The number of rotatable bonds is 7. The van der Waals surface area contributed by atoms with Crippen molar-refractivity contribution in [3.63, 3.8) is 0 Å². The highest BCUT2D eigenvalue weighted by Crippen LogP contribution is 2.48. The largest absolute Gasteiger partial charge is 0.465 e. The summed E-state index contributed by atoms with van der Waals surface area (Å²) in [6.07, 6.45) is 3.79. The Morgan fingerprint density at radius 3 is 2.44 bits per heavy atom. The van der Waals surface area contributed by atoms with Crippen LogP contribution in [0.25, 0.3) is 22.5 Å². The molecule has 10 nitrogen and oxygen atoms in total. The summed E-state index contributed by atoms with van der Waals surface area (Å²) in [5.74, 6) is -0.306. The number of esters is 1. The lowest BCUT2D eigenvalue weighted by atomic mass is 9.99. The van der Waals surface area contributed by atoms with Crippen molar-refractivity contribution in [2.45, 2.75) is 33.1 Å². The number of aromatic nitrogens is 4. The fourth-order valence-corrected chi connectivity index (χ4v) is 5.70. The molecule has 1 fully saturated rings. The Labute approximate surface area is 211 Å². The minimum Gasteiger partial charge on any atom is -0.465 e. The molecule has 1 saturated carbocycles. The molecule has 2 aliphatic rings. The van der Waals surface area contributed by atoms with Crippen molar-refractivity contribution >= 4 is 38.2 Å². The Balaban J connectivity index is 1.46. The monoisotopic (exact) mass is 505 g/mol. The van der Waals surface area contributed by atoms with Gasteiger partial charge in [0.1, 0.15) is 5.41 Å². The molecule has 2 N–H and O–H groups in total. The number of benzene rings is 2. The number of amides is 1. The molecular formula is C25H27N7O3S. The van der Waals surface area contributed by atoms with Crippen LogP contribution in [0.5, 0.6) is 0 Å². The molecule has 11 heteroatoms. The van der Waals surface area contributed by atoms with E-state index in [0.29, 0.717) is 23.8 Å². The highest BCUT2D eigenvalue weighted by atomic mass is 32.2. The molecule has 1 unspecified atom stereocenters. The normalized spacial score (nSPS) is 19.5. The molecule has 1 aliphatic heterocycles. The number of tetrazole rings is 1. The van der Waals surface area contributed by atoms with E-state index in [2.05, 4.69) is 38.0 Å². The third-order valence-corrected chi connectivity index (χ3v) is 8.32. The van der Waals surface area contributed by atoms with Gasteiger partial charge in [-0.3, -0.25) is 9.59 Å². The van der Waals surface area contributed by atoms with Gasteiger partial charge in [-0.05, 0) is 66.1 Å². The summed E-state index contributed by atoms with van der Waals surface area (Å²) in [7, 11) is -0.407. The molecule has 1 amide bonds. The maximum atomic E-state index is 13.1. The van der Waals surface area contributed by atoms with Crippen LogP contribution in [-0.2, 0) is 14.3 Å². The molecule has 0 bridgehead atoms. The summed E-state index contributed by atoms with van der Waals surface area (Å²) in [6, 6.07) is 15.9. The van der Waals surface area contributed by atoms with Gasteiger partial charge in [0.2, 0.25) is 0 Å². The molecule has 2 aromatic carbocycles. The van der Waals surface area contributed by atoms with Crippen molar-refractivity contribution in [1.82, 2.24) is 26.0 Å². The third-order valence-electron chi connectivity index (χ3n) is 6.38. The van der Waals surface area contributed by atoms with Crippen molar-refractivity contribution in [3.8, 4) is 22.5 Å². The molecule has 0 radical (unpaired) electrons. The van der Waals surface area contributed by atoms with Gasteiger partial charge in [0.05, 0.1) is 12.3 Å². The lowest BCUT2D eigenvalue weighted by Gasteiger charge is -2.21. The third kappa shape index (κ3) is 4.24. The van der Waals surface area contributed by atoms with Crippen molar-refractivity contribution in [3.05, 3.63) is 48.5 Å². The maximum absolute atomic E-state index is 13.1. The summed E-state index contributed by atoms with van der Waals surface area (Å²) in [5.41, 5.74) is 6.00. The van der Waals surface area contributed by atoms with E-state index in [-0.39, 0.29) is 6.61 Å². The molecular weight excluding hydrogens is 478 g/mol. The standard InChI is InChI=1S/C25H27N7O3S/c1-4-20-29-32(24(36(20)3)26-22(33)25(14-15-25)23(34)35-5-2)17-12-10-16(11-13-17)18-8-6-7-9-19(18)21-27-30-31-28-21/h6-13,29H,4-5,14-15H2,1-3H3,(H,27,28,30,31). The van der Waals surface area contributed by atoms with Crippen molar-refractivity contribution < 1.29 is 14.3 Å². The molecule has 5 rings (SSSR count). The number of ether oxygens (including phenoxy) is 1. The summed E-state index contributed by atoms with van der Waals surface area (Å²) < 4.78 is 5.15. The minimum absolute atomic E-state index is 0.243. The van der Waals surface area contributed by atoms with Crippen LogP contribution in [0, 0.1) is 5.41 Å². The molecule has 0 saturated heterocycles. The second-order valence-corrected chi connectivity index (χ2v) is 10.5. The van der Waals surface area contributed by atoms with E-state index in [9.17, 15) is 9.59 Å². The van der Waals surface area contributed by atoms with Gasteiger partial charge in [0.25, 0.3) is 5.91 Å². The van der Waals surface area contributed by atoms with Crippen molar-refractivity contribution in [2.24, 2.45) is 10.4 Å². The van der Waals surface area contributed by atoms with Gasteiger partial charge in [0.15, 0.2) is 11.0 Å². The number of carbonyl (C=O) groups excluding carboxylic acids is 2. The number of aromatic amines is 1. The van der Waals surface area contributed by atoms with Gasteiger partial charge >= 0.3 is 5.97 Å². The number of H-pyrrole nitrogens is 1. The zero-order valence-corrected chi connectivity index (χ0v) is 21.1. The molecule has 0 spiro atoms. The molecule has 1 aliphatic carbocycles. The van der Waals surface area contributed by atoms with E-state index < -0.39 is 27.8 Å². The van der Waals surface area contributed by atoms with Crippen LogP contribution in [0.4, 0.5) is 5.69 Å². The zero-order valence-electron chi connectivity index (χ0n) is 20.3. The first-order valence-corrected chi connectivity index (χ1v) is 13.4. The molecule has 3 aromatic rings. The highest BCUT2D eigenvalue weighted by Gasteiger charge is 2.58. The van der Waals surface area contributed by atoms with Crippen molar-refractivity contribution in [1.29, 1.82) is 0 Å². The molecule has 2 heterocycles. The maximum Gasteiger partial charge on any atom is 0.321 e. The van der Waals surface area contributed by atoms with Crippen molar-refractivity contribution in [2.75, 3.05) is 17.9 Å². The van der Waals surface area contributed by atoms with E-state index in [1.165, 1.54) is 0 Å². The number of aliphatic imine (C=N–C) groups is 1. The number of carbonyl (C=O) groups is 2. The zero-order chi connectivity index (χ0) is 25.3. The number of hydrogen-bond donors (Lipinski definition) is 2. The Kier molecular flexibility index (Phi) is 6.50. The Morgan fingerprint density at radius 2 is 1.83 bits per heavy atom. The van der Waals surface area contributed by atoms with Crippen LogP contribution in [0.3, 0.4) is 0 Å². The van der Waals surface area contributed by atoms with Gasteiger partial charge < -0.3 is 4.74 Å². The fraction of sp³-hybridized carbons (Fsp3) is 0.320. The molecule has 1 atom stereocenters. The second-order valence-electron chi connectivity index (χ2n) is 8.58. The minimum atomic E-state index is -1.13. The summed E-state index contributed by atoms with van der Waals surface area (Å²) >= 11 is 0. The number of hydrogen-bond acceptors (Lipinski definition) is 7. The Hall–Kier alpha value is -3.70. The van der Waals surface area contributed by atoms with Gasteiger partial charge in [-0.1, -0.05) is 43.3 Å². The predicted octanol–water partition coefficient (Wildman–Crippen LogP) is 3.52. The van der Waals surface area contributed by atoms with Crippen LogP contribution in [0.2, 0.25) is 0 Å². The first kappa shape index (κ1) is 24.0. The number of hydrazine groups is 1. The average molecular weight is 506 g/mol. The van der Waals surface area contributed by atoms with E-state index in [1.54, 1.807) is 6.92 Å². The first-order chi connectivity index (χ1) is 17.5. The van der Waals surface area contributed by atoms with Gasteiger partial charge in [-0.2, -0.15) is 10.4 Å². The van der Waals surface area contributed by atoms with Crippen LogP contribution in [0.15, 0.2) is 53.5 Å². The Bertz CT molecular complexity index is 1360. The summed E-state index contributed by atoms with van der Waals surface area (Å²) in [5, 5.41) is 16.7. The predicted molar refractivity (Wildman–Crippen MR) is 140 cm³/mol. The lowest BCUT2D eigenvalue weighted by molar-refractivity contribution is -0.153. The molecule has 1 aromatic heterocycles. The molecule has 186 valence electrons. The SMILES string of the molecule is CCOC(=O)C1(C(=O)N=C2N(c3ccc(-c4ccccc4-c4nnn[nH]4)cc3)NC(CC)=S2C)CC1. The highest BCUT2D eigenvalue weighted by molar-refractivity contribution is 8.28. The topological polar surface area (TPSA) is 125 Å². The van der Waals surface area contributed by atoms with Gasteiger partial charge in [-0.15, -0.1) is 15.6 Å². The van der Waals surface area contributed by atoms with Gasteiger partial charge in [0, 0.05) is 10.6 Å². The fourth-order valence-electron chi connectivity index (χ4n) is 4.18. The summed E-state index contributed by atoms with van der Waals surface area (Å²) in [4.78, 5) is 31.1. The van der Waals surface area contributed by atoms with Gasteiger partial charge in [-0.25, -0.2) is 10.1 Å². The molecule has 36 heavy (non-hydrogen) atoms. The van der Waals surface area contributed by atoms with E-state index in [1.807, 2.05) is 59.8 Å². The number of anilines is 1. The summed E-state index contributed by atoms with van der Waals surface area (Å²) in [6.45, 7) is 4.05. The Morgan fingerprint density at radius 1 is 1.11 bits per heavy atom. The number of nitrogens with one attached hydrogen (secondary N) is 2. The van der Waals surface area contributed by atoms with E-state index in [4.69, 9.17) is 4.74 Å². The van der Waals surface area contributed by atoms with Crippen LogP contribution >= 0.6 is 10.5 Å². The lowest BCUT2D eigenvalue weighted by Crippen LogP contribution is -2.39. The van der Waals surface area contributed by atoms with Crippen LogP contribution in [0.1, 0.15) is 33.1 Å². The number of amidine groups is 1. The smallest absolute Gasteiger partial charge is 0.321 e. The van der Waals surface area contributed by atoms with Crippen LogP contribution < -0.4 is 10.4 Å². The number of nitrogens with zero attached hydrogens (tertiary/aromatic N) is 5.